The summed E-state index contributed by atoms with van der Waals surface area (Å²) in [4.78, 5) is 9.28. The van der Waals surface area contributed by atoms with Crippen LogP contribution >= 0.6 is 0 Å². The van der Waals surface area contributed by atoms with Crippen LogP contribution in [-0.4, -0.2) is 42.1 Å². The highest BCUT2D eigenvalue weighted by atomic mass is 19.1. The molecule has 0 saturated carbocycles. The fourth-order valence-corrected chi connectivity index (χ4v) is 3.47. The number of fused-ring (bicyclic) bond motifs is 2. The number of pyridine rings is 1. The highest BCUT2D eigenvalue weighted by molar-refractivity contribution is 5.68. The van der Waals surface area contributed by atoms with Crippen molar-refractivity contribution in [1.29, 1.82) is 0 Å². The zero-order valence-electron chi connectivity index (χ0n) is 11.9. The quantitative estimate of drug-likeness (QED) is 0.845. The van der Waals surface area contributed by atoms with Crippen molar-refractivity contribution in [3.05, 3.63) is 48.5 Å². The van der Waals surface area contributed by atoms with Gasteiger partial charge in [0.2, 0.25) is 0 Å². The Balaban J connectivity index is 1.68. The van der Waals surface area contributed by atoms with Crippen molar-refractivity contribution >= 4 is 5.69 Å². The number of piperazine rings is 1. The van der Waals surface area contributed by atoms with Gasteiger partial charge in [0.25, 0.3) is 0 Å². The molecule has 3 heterocycles. The van der Waals surface area contributed by atoms with Crippen LogP contribution in [-0.2, 0) is 0 Å². The minimum atomic E-state index is -0.192. The van der Waals surface area contributed by atoms with Crippen molar-refractivity contribution in [2.45, 2.75) is 12.5 Å². The van der Waals surface area contributed by atoms with Gasteiger partial charge in [0.1, 0.15) is 5.82 Å². The number of halogens is 1. The Morgan fingerprint density at radius 2 is 2.00 bits per heavy atom. The van der Waals surface area contributed by atoms with Crippen LogP contribution in [0.15, 0.2) is 42.7 Å². The molecule has 2 saturated heterocycles. The van der Waals surface area contributed by atoms with E-state index in [0.29, 0.717) is 11.6 Å². The summed E-state index contributed by atoms with van der Waals surface area (Å²) in [7, 11) is 0. The topological polar surface area (TPSA) is 19.4 Å². The summed E-state index contributed by atoms with van der Waals surface area (Å²) in [5.41, 5.74) is 2.59. The van der Waals surface area contributed by atoms with Crippen LogP contribution in [0, 0.1) is 5.82 Å². The molecule has 2 aliphatic heterocycles. The summed E-state index contributed by atoms with van der Waals surface area (Å²) >= 11 is 0. The van der Waals surface area contributed by atoms with Crippen molar-refractivity contribution < 1.29 is 4.39 Å². The summed E-state index contributed by atoms with van der Waals surface area (Å²) in [6, 6.07) is 9.53. The molecule has 1 aromatic carbocycles. The van der Waals surface area contributed by atoms with Crippen LogP contribution in [0.2, 0.25) is 0 Å². The number of aromatic nitrogens is 1. The standard InChI is InChI=1S/C17H18FN3/c18-17-4-2-1-3-16(17)13-9-15(11-19-10-13)21-8-7-20-6-5-14(21)12-20/h1-4,9-11,14H,5-8,12H2. The zero-order chi connectivity index (χ0) is 14.2. The molecule has 3 nitrogen and oxygen atoms in total. The molecule has 2 aliphatic rings. The van der Waals surface area contributed by atoms with Gasteiger partial charge in [-0.25, -0.2) is 4.39 Å². The minimum Gasteiger partial charge on any atom is -0.365 e. The molecule has 4 rings (SSSR count). The van der Waals surface area contributed by atoms with E-state index in [0.717, 1.165) is 30.9 Å². The highest BCUT2D eigenvalue weighted by Crippen LogP contribution is 2.30. The Kier molecular flexibility index (Phi) is 3.11. The lowest BCUT2D eigenvalue weighted by atomic mass is 10.1. The third-order valence-electron chi connectivity index (χ3n) is 4.59. The molecule has 2 bridgehead atoms. The number of nitrogens with zero attached hydrogens (tertiary/aromatic N) is 3. The van der Waals surface area contributed by atoms with Crippen LogP contribution in [0.25, 0.3) is 11.1 Å². The van der Waals surface area contributed by atoms with E-state index in [2.05, 4.69) is 20.9 Å². The van der Waals surface area contributed by atoms with E-state index in [9.17, 15) is 4.39 Å². The SMILES string of the molecule is Fc1ccccc1-c1cncc(N2CCN3CCC2C3)c1. The van der Waals surface area contributed by atoms with Gasteiger partial charge < -0.3 is 4.90 Å². The lowest BCUT2D eigenvalue weighted by Crippen LogP contribution is -2.46. The van der Waals surface area contributed by atoms with E-state index in [1.807, 2.05) is 18.3 Å². The second kappa shape index (κ2) is 5.11. The van der Waals surface area contributed by atoms with E-state index in [1.165, 1.54) is 19.0 Å². The maximum absolute atomic E-state index is 14.0. The van der Waals surface area contributed by atoms with E-state index < -0.39 is 0 Å². The van der Waals surface area contributed by atoms with Crippen molar-refractivity contribution in [3.63, 3.8) is 0 Å². The maximum Gasteiger partial charge on any atom is 0.131 e. The van der Waals surface area contributed by atoms with Crippen molar-refractivity contribution in [2.75, 3.05) is 31.1 Å². The van der Waals surface area contributed by atoms with E-state index in [1.54, 1.807) is 12.3 Å². The molecule has 21 heavy (non-hydrogen) atoms. The molecular weight excluding hydrogens is 265 g/mol. The summed E-state index contributed by atoms with van der Waals surface area (Å²) in [6.45, 7) is 4.49. The summed E-state index contributed by atoms with van der Waals surface area (Å²) in [5, 5.41) is 0. The Hall–Kier alpha value is -1.94. The Bertz CT molecular complexity index is 658. The average Bonchev–Trinajstić information content (AvgIpc) is 2.89. The number of benzene rings is 1. The molecule has 0 N–H and O–H groups in total. The van der Waals surface area contributed by atoms with Crippen LogP contribution in [0.5, 0.6) is 0 Å². The smallest absolute Gasteiger partial charge is 0.131 e. The van der Waals surface area contributed by atoms with Gasteiger partial charge in [-0.2, -0.15) is 0 Å². The predicted molar refractivity (Wildman–Crippen MR) is 81.8 cm³/mol. The van der Waals surface area contributed by atoms with Crippen LogP contribution in [0.4, 0.5) is 10.1 Å². The molecule has 108 valence electrons. The van der Waals surface area contributed by atoms with Gasteiger partial charge in [0, 0.05) is 49.5 Å². The fourth-order valence-electron chi connectivity index (χ4n) is 3.47. The second-order valence-electron chi connectivity index (χ2n) is 5.85. The molecule has 2 fully saturated rings. The van der Waals surface area contributed by atoms with Gasteiger partial charge in [-0.05, 0) is 18.6 Å². The monoisotopic (exact) mass is 283 g/mol. The molecule has 2 aromatic rings. The molecule has 0 aliphatic carbocycles. The molecule has 1 aromatic heterocycles. The molecule has 0 spiro atoms. The largest absolute Gasteiger partial charge is 0.365 e. The summed E-state index contributed by atoms with van der Waals surface area (Å²) in [6.07, 6.45) is 4.86. The highest BCUT2D eigenvalue weighted by Gasteiger charge is 2.32. The van der Waals surface area contributed by atoms with Crippen molar-refractivity contribution in [1.82, 2.24) is 9.88 Å². The van der Waals surface area contributed by atoms with Gasteiger partial charge in [-0.1, -0.05) is 18.2 Å². The number of hydrogen-bond acceptors (Lipinski definition) is 3. The first-order valence-electron chi connectivity index (χ1n) is 7.50. The van der Waals surface area contributed by atoms with Gasteiger partial charge in [0.15, 0.2) is 0 Å². The molecule has 2 atom stereocenters. The maximum atomic E-state index is 14.0. The van der Waals surface area contributed by atoms with Gasteiger partial charge in [-0.3, -0.25) is 9.88 Å². The molecule has 4 heteroatoms. The van der Waals surface area contributed by atoms with Crippen molar-refractivity contribution in [2.24, 2.45) is 0 Å². The lowest BCUT2D eigenvalue weighted by Gasteiger charge is -2.36. The van der Waals surface area contributed by atoms with Crippen LogP contribution in [0.3, 0.4) is 0 Å². The third kappa shape index (κ3) is 2.29. The lowest BCUT2D eigenvalue weighted by molar-refractivity contribution is 0.310. The Labute approximate surface area is 124 Å². The van der Waals surface area contributed by atoms with Gasteiger partial charge >= 0.3 is 0 Å². The molecule has 2 unspecified atom stereocenters. The first kappa shape index (κ1) is 12.8. The molecule has 0 amide bonds. The van der Waals surface area contributed by atoms with Crippen LogP contribution < -0.4 is 4.90 Å². The number of anilines is 1. The van der Waals surface area contributed by atoms with E-state index >= 15 is 0 Å². The normalized spacial score (nSPS) is 24.3. The second-order valence-corrected chi connectivity index (χ2v) is 5.85. The van der Waals surface area contributed by atoms with E-state index in [4.69, 9.17) is 0 Å². The number of rotatable bonds is 2. The Morgan fingerprint density at radius 3 is 2.90 bits per heavy atom. The van der Waals surface area contributed by atoms with Crippen LogP contribution in [0.1, 0.15) is 6.42 Å². The zero-order valence-corrected chi connectivity index (χ0v) is 11.9. The fraction of sp³-hybridized carbons (Fsp3) is 0.353. The van der Waals surface area contributed by atoms with Crippen molar-refractivity contribution in [3.8, 4) is 11.1 Å². The number of hydrogen-bond donors (Lipinski definition) is 0. The third-order valence-corrected chi connectivity index (χ3v) is 4.59. The first-order chi connectivity index (χ1) is 10.3. The molecule has 0 radical (unpaired) electrons. The van der Waals surface area contributed by atoms with Gasteiger partial charge in [0.05, 0.1) is 11.9 Å². The minimum absolute atomic E-state index is 0.192. The Morgan fingerprint density at radius 1 is 1.10 bits per heavy atom. The average molecular weight is 283 g/mol. The first-order valence-corrected chi connectivity index (χ1v) is 7.50. The summed E-state index contributed by atoms with van der Waals surface area (Å²) in [5.74, 6) is -0.192. The van der Waals surface area contributed by atoms with Gasteiger partial charge in [-0.15, -0.1) is 0 Å². The molecular formula is C17H18FN3. The summed E-state index contributed by atoms with van der Waals surface area (Å²) < 4.78 is 14.0. The van der Waals surface area contributed by atoms with E-state index in [-0.39, 0.29) is 5.82 Å². The predicted octanol–water partition coefficient (Wildman–Crippen LogP) is 2.78.